The topological polar surface area (TPSA) is 34.0 Å². The van der Waals surface area contributed by atoms with Gasteiger partial charge in [0.05, 0.1) is 17.6 Å². The van der Waals surface area contributed by atoms with E-state index in [-0.39, 0.29) is 11.8 Å². The second-order valence-corrected chi connectivity index (χ2v) is 7.77. The monoisotopic (exact) mass is 405 g/mol. The Morgan fingerprint density at radius 3 is 2.66 bits per heavy atom. The maximum absolute atomic E-state index is 14.4. The molecule has 0 amide bonds. The lowest BCUT2D eigenvalue weighted by Gasteiger charge is -2.37. The Hall–Kier alpha value is -2.48. The Balaban J connectivity index is 1.48. The zero-order valence-corrected chi connectivity index (χ0v) is 16.2. The summed E-state index contributed by atoms with van der Waals surface area (Å²) in [5.74, 6) is 0.148. The molecule has 4 rings (SSSR count). The van der Waals surface area contributed by atoms with Gasteiger partial charge in [-0.3, -0.25) is 4.90 Å². The van der Waals surface area contributed by atoms with Crippen molar-refractivity contribution in [1.29, 1.82) is 0 Å². The quantitative estimate of drug-likeness (QED) is 0.590. The first-order valence-electron chi connectivity index (χ1n) is 9.59. The minimum Gasteiger partial charge on any atom is -0.329 e. The highest BCUT2D eigenvalue weighted by atomic mass is 19.4. The molecule has 0 radical (unpaired) electrons. The third kappa shape index (κ3) is 3.85. The van der Waals surface area contributed by atoms with Crippen molar-refractivity contribution in [2.24, 2.45) is 13.0 Å². The van der Waals surface area contributed by atoms with Crippen LogP contribution >= 0.6 is 0 Å². The molecule has 1 saturated heterocycles. The smallest absolute Gasteiger partial charge is 0.329 e. The largest absolute Gasteiger partial charge is 0.416 e. The van der Waals surface area contributed by atoms with Gasteiger partial charge in [-0.05, 0) is 54.6 Å². The zero-order chi connectivity index (χ0) is 20.8. The number of likely N-dealkylation sites (tertiary alicyclic amines) is 1. The zero-order valence-electron chi connectivity index (χ0n) is 16.2. The minimum absolute atomic E-state index is 0.101. The summed E-state index contributed by atoms with van der Waals surface area (Å²) in [6, 6.07) is 6.73. The Kier molecular flexibility index (Phi) is 5.06. The third-order valence-corrected chi connectivity index (χ3v) is 5.83. The summed E-state index contributed by atoms with van der Waals surface area (Å²) in [7, 11) is 1.96. The molecule has 0 bridgehead atoms. The molecule has 154 valence electrons. The Morgan fingerprint density at radius 1 is 1.21 bits per heavy atom. The third-order valence-electron chi connectivity index (χ3n) is 5.83. The van der Waals surface area contributed by atoms with Crippen molar-refractivity contribution >= 4 is 11.2 Å². The number of imidazole rings is 1. The minimum atomic E-state index is -4.53. The normalized spacial score (nSPS) is 21.0. The number of benzene rings is 1. The molecule has 0 N–H and O–H groups in total. The number of piperidine rings is 1. The number of pyridine rings is 1. The van der Waals surface area contributed by atoms with Crippen LogP contribution in [0.3, 0.4) is 0 Å². The lowest BCUT2D eigenvalue weighted by Crippen LogP contribution is -2.38. The van der Waals surface area contributed by atoms with Gasteiger partial charge in [0.15, 0.2) is 5.65 Å². The first-order chi connectivity index (χ1) is 13.7. The maximum atomic E-state index is 14.4. The molecule has 1 aliphatic rings. The summed E-state index contributed by atoms with van der Waals surface area (Å²) in [4.78, 5) is 11.1. The standard InChI is InChI=1S/C21H22F4N4/c1-13-11-29(12-19-27-20-18(28(19)2)4-3-8-26-20)9-7-15(13)16-6-5-14(10-17(16)22)21(23,24)25/h3-6,8,10,13,15H,7,9,11-12H2,1-2H3/i22-1. The number of hydrogen-bond acceptors (Lipinski definition) is 3. The van der Waals surface area contributed by atoms with Crippen molar-refractivity contribution < 1.29 is 17.6 Å². The van der Waals surface area contributed by atoms with Crippen molar-refractivity contribution in [3.63, 3.8) is 0 Å². The molecule has 1 aromatic carbocycles. The van der Waals surface area contributed by atoms with Crippen LogP contribution < -0.4 is 0 Å². The van der Waals surface area contributed by atoms with E-state index in [4.69, 9.17) is 0 Å². The second-order valence-electron chi connectivity index (χ2n) is 7.77. The molecule has 0 spiro atoms. The summed E-state index contributed by atoms with van der Waals surface area (Å²) in [5, 5.41) is 0. The van der Waals surface area contributed by atoms with Crippen LogP contribution in [0.5, 0.6) is 0 Å². The molecule has 3 aromatic rings. The Bertz CT molecular complexity index is 1030. The number of aryl methyl sites for hydroxylation is 1. The lowest BCUT2D eigenvalue weighted by atomic mass is 9.81. The average Bonchev–Trinajstić information content (AvgIpc) is 2.97. The highest BCUT2D eigenvalue weighted by Gasteiger charge is 2.34. The van der Waals surface area contributed by atoms with Crippen LogP contribution in [0.1, 0.15) is 36.2 Å². The molecule has 3 heterocycles. The number of nitrogens with zero attached hydrogens (tertiary/aromatic N) is 4. The number of aromatic nitrogens is 3. The molecule has 2 atom stereocenters. The molecule has 0 aliphatic carbocycles. The SMILES string of the molecule is CC1CN(Cc2nc3ncccc3n2C)CCC1c1ccc(C(F)(F)F)cc1[18F]. The second kappa shape index (κ2) is 7.40. The van der Waals surface area contributed by atoms with Crippen LogP contribution in [0.4, 0.5) is 17.6 Å². The summed E-state index contributed by atoms with van der Waals surface area (Å²) >= 11 is 0. The van der Waals surface area contributed by atoms with Gasteiger partial charge in [0.25, 0.3) is 0 Å². The van der Waals surface area contributed by atoms with E-state index in [0.29, 0.717) is 30.2 Å². The van der Waals surface area contributed by atoms with E-state index in [1.54, 1.807) is 6.20 Å². The highest BCUT2D eigenvalue weighted by molar-refractivity contribution is 5.71. The average molecular weight is 405 g/mol. The van der Waals surface area contributed by atoms with Gasteiger partial charge < -0.3 is 4.57 Å². The van der Waals surface area contributed by atoms with Gasteiger partial charge in [0.2, 0.25) is 0 Å². The summed E-state index contributed by atoms with van der Waals surface area (Å²) in [5.41, 5.74) is 1.10. The van der Waals surface area contributed by atoms with Crippen molar-refractivity contribution in [2.45, 2.75) is 32.0 Å². The fraction of sp³-hybridized carbons (Fsp3) is 0.429. The molecule has 1 aliphatic heterocycles. The van der Waals surface area contributed by atoms with Crippen LogP contribution in [0.15, 0.2) is 36.5 Å². The van der Waals surface area contributed by atoms with Gasteiger partial charge in [-0.15, -0.1) is 0 Å². The van der Waals surface area contributed by atoms with Gasteiger partial charge >= 0.3 is 6.18 Å². The predicted octanol–water partition coefficient (Wildman–Crippen LogP) is 4.75. The molecule has 1 fully saturated rings. The van der Waals surface area contributed by atoms with Crippen LogP contribution in [0.25, 0.3) is 11.2 Å². The highest BCUT2D eigenvalue weighted by Crippen LogP contribution is 2.37. The van der Waals surface area contributed by atoms with Crippen molar-refractivity contribution in [3.8, 4) is 0 Å². The van der Waals surface area contributed by atoms with Crippen LogP contribution in [0.2, 0.25) is 0 Å². The van der Waals surface area contributed by atoms with Gasteiger partial charge in [0.1, 0.15) is 11.6 Å². The van der Waals surface area contributed by atoms with E-state index in [9.17, 15) is 17.6 Å². The summed E-state index contributed by atoms with van der Waals surface area (Å²) in [6.45, 7) is 4.12. The van der Waals surface area contributed by atoms with Crippen molar-refractivity contribution in [1.82, 2.24) is 19.4 Å². The number of fused-ring (bicyclic) bond motifs is 1. The fourth-order valence-electron chi connectivity index (χ4n) is 4.26. The van der Waals surface area contributed by atoms with Crippen LogP contribution in [-0.2, 0) is 19.8 Å². The molecule has 8 heteroatoms. The molecule has 2 aromatic heterocycles. The van der Waals surface area contributed by atoms with Crippen LogP contribution in [-0.4, -0.2) is 32.5 Å². The summed E-state index contributed by atoms with van der Waals surface area (Å²) < 4.78 is 54.8. The fourth-order valence-corrected chi connectivity index (χ4v) is 4.26. The number of halogens is 4. The molecule has 0 saturated carbocycles. The van der Waals surface area contributed by atoms with E-state index < -0.39 is 17.6 Å². The molecule has 4 nitrogen and oxygen atoms in total. The van der Waals surface area contributed by atoms with Crippen molar-refractivity contribution in [3.05, 3.63) is 59.3 Å². The van der Waals surface area contributed by atoms with Gasteiger partial charge in [0, 0.05) is 19.8 Å². The van der Waals surface area contributed by atoms with E-state index in [1.165, 1.54) is 6.07 Å². The van der Waals surface area contributed by atoms with E-state index in [1.807, 2.05) is 30.7 Å². The van der Waals surface area contributed by atoms with E-state index >= 15 is 0 Å². The molecular weight excluding hydrogens is 383 g/mol. The van der Waals surface area contributed by atoms with Crippen LogP contribution in [0, 0.1) is 11.7 Å². The van der Waals surface area contributed by atoms with Gasteiger partial charge in [-0.2, -0.15) is 13.2 Å². The molecule has 29 heavy (non-hydrogen) atoms. The van der Waals surface area contributed by atoms with Gasteiger partial charge in [-0.25, -0.2) is 14.4 Å². The molecule has 2 unspecified atom stereocenters. The first kappa shape index (κ1) is 19.8. The number of hydrogen-bond donors (Lipinski definition) is 0. The number of rotatable bonds is 3. The first-order valence-corrected chi connectivity index (χ1v) is 9.59. The molecular formula is C21H22F4N4. The lowest BCUT2D eigenvalue weighted by molar-refractivity contribution is -0.137. The van der Waals surface area contributed by atoms with E-state index in [2.05, 4.69) is 14.9 Å². The van der Waals surface area contributed by atoms with E-state index in [0.717, 1.165) is 30.5 Å². The summed E-state index contributed by atoms with van der Waals surface area (Å²) in [6.07, 6.45) is -2.13. The Labute approximate surface area is 166 Å². The predicted molar refractivity (Wildman–Crippen MR) is 102 cm³/mol. The maximum Gasteiger partial charge on any atom is 0.416 e. The number of alkyl halides is 3. The van der Waals surface area contributed by atoms with Gasteiger partial charge in [-0.1, -0.05) is 13.0 Å². The Morgan fingerprint density at radius 2 is 2.00 bits per heavy atom. The van der Waals surface area contributed by atoms with Crippen molar-refractivity contribution in [2.75, 3.05) is 13.1 Å².